The Kier molecular flexibility index (Phi) is 3.56. The highest BCUT2D eigenvalue weighted by atomic mass is 16.3. The summed E-state index contributed by atoms with van der Waals surface area (Å²) in [5, 5.41) is 10.5. The van der Waals surface area contributed by atoms with Crippen molar-refractivity contribution < 1.29 is 5.11 Å². The Bertz CT molecular complexity index is 294. The van der Waals surface area contributed by atoms with Gasteiger partial charge in [-0.2, -0.15) is 0 Å². The molecule has 0 spiro atoms. The van der Waals surface area contributed by atoms with Gasteiger partial charge in [-0.05, 0) is 61.9 Å². The molecular formula is C16H26O. The van der Waals surface area contributed by atoms with E-state index in [1.807, 2.05) is 0 Å². The summed E-state index contributed by atoms with van der Waals surface area (Å²) in [5.74, 6) is 2.53. The summed E-state index contributed by atoms with van der Waals surface area (Å²) in [6.07, 6.45) is 15.6. The van der Waals surface area contributed by atoms with Gasteiger partial charge >= 0.3 is 0 Å². The summed E-state index contributed by atoms with van der Waals surface area (Å²) in [4.78, 5) is 0. The van der Waals surface area contributed by atoms with Crippen LogP contribution < -0.4 is 0 Å². The first kappa shape index (κ1) is 11.8. The summed E-state index contributed by atoms with van der Waals surface area (Å²) in [7, 11) is 0. The number of allylic oxidation sites excluding steroid dienone is 1. The molecule has 0 heterocycles. The molecule has 0 radical (unpaired) electrons. The molecule has 4 unspecified atom stereocenters. The van der Waals surface area contributed by atoms with Crippen LogP contribution in [-0.2, 0) is 0 Å². The van der Waals surface area contributed by atoms with Gasteiger partial charge in [0.1, 0.15) is 0 Å². The highest BCUT2D eigenvalue weighted by molar-refractivity contribution is 5.14. The second-order valence-electron chi connectivity index (χ2n) is 6.49. The van der Waals surface area contributed by atoms with Crippen molar-refractivity contribution in [1.82, 2.24) is 0 Å². The molecular weight excluding hydrogens is 208 g/mol. The first-order chi connectivity index (χ1) is 8.34. The number of fused-ring (bicyclic) bond motifs is 1. The fourth-order valence-corrected chi connectivity index (χ4v) is 4.46. The van der Waals surface area contributed by atoms with E-state index in [9.17, 15) is 5.11 Å². The zero-order valence-corrected chi connectivity index (χ0v) is 10.9. The van der Waals surface area contributed by atoms with Crippen LogP contribution in [0.1, 0.15) is 64.2 Å². The van der Waals surface area contributed by atoms with Crippen LogP contribution in [0, 0.1) is 17.8 Å². The fourth-order valence-electron chi connectivity index (χ4n) is 4.46. The van der Waals surface area contributed by atoms with Crippen molar-refractivity contribution >= 4 is 0 Å². The molecule has 2 fully saturated rings. The minimum absolute atomic E-state index is 0.0969. The molecule has 0 bridgehead atoms. The van der Waals surface area contributed by atoms with Crippen LogP contribution in [0.25, 0.3) is 0 Å². The molecule has 3 rings (SSSR count). The van der Waals surface area contributed by atoms with Crippen molar-refractivity contribution in [2.75, 3.05) is 0 Å². The van der Waals surface area contributed by atoms with Gasteiger partial charge in [-0.3, -0.25) is 0 Å². The molecule has 0 saturated heterocycles. The van der Waals surface area contributed by atoms with Gasteiger partial charge in [0.2, 0.25) is 0 Å². The summed E-state index contributed by atoms with van der Waals surface area (Å²) in [5.41, 5.74) is 1.37. The van der Waals surface area contributed by atoms with Crippen LogP contribution in [0.3, 0.4) is 0 Å². The van der Waals surface area contributed by atoms with E-state index in [0.717, 1.165) is 18.3 Å². The van der Waals surface area contributed by atoms with E-state index in [-0.39, 0.29) is 6.10 Å². The highest BCUT2D eigenvalue weighted by Gasteiger charge is 2.35. The van der Waals surface area contributed by atoms with Crippen LogP contribution in [0.4, 0.5) is 0 Å². The van der Waals surface area contributed by atoms with E-state index in [0.29, 0.717) is 5.92 Å². The van der Waals surface area contributed by atoms with Crippen LogP contribution in [-0.4, -0.2) is 11.2 Å². The predicted molar refractivity (Wildman–Crippen MR) is 70.7 cm³/mol. The largest absolute Gasteiger partial charge is 0.388 e. The van der Waals surface area contributed by atoms with Gasteiger partial charge in [0.25, 0.3) is 0 Å². The molecule has 4 atom stereocenters. The molecule has 0 aromatic heterocycles. The number of hydrogen-bond donors (Lipinski definition) is 1. The average molecular weight is 234 g/mol. The highest BCUT2D eigenvalue weighted by Crippen LogP contribution is 2.44. The van der Waals surface area contributed by atoms with Gasteiger partial charge in [-0.1, -0.05) is 31.8 Å². The van der Waals surface area contributed by atoms with Crippen molar-refractivity contribution in [3.05, 3.63) is 11.6 Å². The molecule has 1 heteroatoms. The summed E-state index contributed by atoms with van der Waals surface area (Å²) in [6.45, 7) is 0. The molecule has 2 saturated carbocycles. The lowest BCUT2D eigenvalue weighted by molar-refractivity contribution is 0.0534. The SMILES string of the molecule is OC(C1=CCCC1)C1CCC2CCCCC2C1. The van der Waals surface area contributed by atoms with Gasteiger partial charge < -0.3 is 5.11 Å². The number of rotatable bonds is 2. The Morgan fingerprint density at radius 1 is 1.00 bits per heavy atom. The third-order valence-electron chi connectivity index (χ3n) is 5.48. The van der Waals surface area contributed by atoms with E-state index in [1.165, 1.54) is 63.4 Å². The normalized spacial score (nSPS) is 39.6. The molecule has 1 N–H and O–H groups in total. The van der Waals surface area contributed by atoms with Crippen molar-refractivity contribution in [2.45, 2.75) is 70.3 Å². The summed E-state index contributed by atoms with van der Waals surface area (Å²) < 4.78 is 0. The van der Waals surface area contributed by atoms with E-state index in [1.54, 1.807) is 0 Å². The topological polar surface area (TPSA) is 20.2 Å². The van der Waals surface area contributed by atoms with Gasteiger partial charge in [0.05, 0.1) is 6.10 Å². The molecule has 3 aliphatic carbocycles. The Hall–Kier alpha value is -0.300. The molecule has 0 aromatic carbocycles. The molecule has 0 aliphatic heterocycles. The number of aliphatic hydroxyl groups excluding tert-OH is 1. The zero-order valence-electron chi connectivity index (χ0n) is 10.9. The quantitative estimate of drug-likeness (QED) is 0.714. The second-order valence-corrected chi connectivity index (χ2v) is 6.49. The maximum atomic E-state index is 10.5. The van der Waals surface area contributed by atoms with Gasteiger partial charge in [0.15, 0.2) is 0 Å². The Balaban J connectivity index is 1.61. The molecule has 3 aliphatic rings. The van der Waals surface area contributed by atoms with Crippen LogP contribution >= 0.6 is 0 Å². The third kappa shape index (κ3) is 2.45. The number of aliphatic hydroxyl groups is 1. The van der Waals surface area contributed by atoms with Crippen molar-refractivity contribution in [1.29, 1.82) is 0 Å². The lowest BCUT2D eigenvalue weighted by Crippen LogP contribution is -2.33. The maximum absolute atomic E-state index is 10.5. The van der Waals surface area contributed by atoms with Crippen molar-refractivity contribution in [2.24, 2.45) is 17.8 Å². The lowest BCUT2D eigenvalue weighted by Gasteiger charge is -2.41. The van der Waals surface area contributed by atoms with Gasteiger partial charge in [-0.25, -0.2) is 0 Å². The average Bonchev–Trinajstić information content (AvgIpc) is 2.91. The number of hydrogen-bond acceptors (Lipinski definition) is 1. The molecule has 17 heavy (non-hydrogen) atoms. The van der Waals surface area contributed by atoms with E-state index < -0.39 is 0 Å². The maximum Gasteiger partial charge on any atom is 0.0778 e. The van der Waals surface area contributed by atoms with Crippen molar-refractivity contribution in [3.63, 3.8) is 0 Å². The van der Waals surface area contributed by atoms with E-state index >= 15 is 0 Å². The van der Waals surface area contributed by atoms with Crippen molar-refractivity contribution in [3.8, 4) is 0 Å². The standard InChI is InChI=1S/C16H26O/c17-16(13-6-2-3-7-13)15-10-9-12-5-1-4-8-14(12)11-15/h6,12,14-17H,1-5,7-11H2. The van der Waals surface area contributed by atoms with E-state index in [2.05, 4.69) is 6.08 Å². The minimum atomic E-state index is -0.0969. The minimum Gasteiger partial charge on any atom is -0.388 e. The second kappa shape index (κ2) is 5.14. The summed E-state index contributed by atoms with van der Waals surface area (Å²) >= 11 is 0. The first-order valence-corrected chi connectivity index (χ1v) is 7.71. The fraction of sp³-hybridized carbons (Fsp3) is 0.875. The Morgan fingerprint density at radius 2 is 1.82 bits per heavy atom. The Labute approximate surface area is 105 Å². The predicted octanol–water partition coefficient (Wildman–Crippen LogP) is 4.06. The lowest BCUT2D eigenvalue weighted by atomic mass is 9.66. The summed E-state index contributed by atoms with van der Waals surface area (Å²) in [6, 6.07) is 0. The van der Waals surface area contributed by atoms with Crippen LogP contribution in [0.2, 0.25) is 0 Å². The first-order valence-electron chi connectivity index (χ1n) is 7.71. The molecule has 1 nitrogen and oxygen atoms in total. The van der Waals surface area contributed by atoms with E-state index in [4.69, 9.17) is 0 Å². The Morgan fingerprint density at radius 3 is 2.59 bits per heavy atom. The third-order valence-corrected chi connectivity index (χ3v) is 5.48. The van der Waals surface area contributed by atoms with Crippen LogP contribution in [0.15, 0.2) is 11.6 Å². The molecule has 0 amide bonds. The van der Waals surface area contributed by atoms with Crippen LogP contribution in [0.5, 0.6) is 0 Å². The van der Waals surface area contributed by atoms with Gasteiger partial charge in [-0.15, -0.1) is 0 Å². The molecule has 0 aromatic rings. The monoisotopic (exact) mass is 234 g/mol. The van der Waals surface area contributed by atoms with Gasteiger partial charge in [0, 0.05) is 0 Å². The molecule has 96 valence electrons. The zero-order chi connectivity index (χ0) is 11.7. The smallest absolute Gasteiger partial charge is 0.0778 e.